The van der Waals surface area contributed by atoms with Crippen LogP contribution in [0.15, 0.2) is 29.2 Å². The van der Waals surface area contributed by atoms with E-state index in [1.807, 2.05) is 0 Å². The number of carbonyl (C=O) groups excluding carboxylic acids is 1. The summed E-state index contributed by atoms with van der Waals surface area (Å²) in [5, 5.41) is 10.3. The highest BCUT2D eigenvalue weighted by atomic mass is 32.2. The molecular weight excluding hydrogens is 491 g/mol. The van der Waals surface area contributed by atoms with Gasteiger partial charge >= 0.3 is 12.1 Å². The van der Waals surface area contributed by atoms with Gasteiger partial charge in [-0.05, 0) is 37.1 Å². The number of piperazine rings is 1. The number of halogens is 3. The molecule has 3 rings (SSSR count). The first kappa shape index (κ1) is 28.9. The van der Waals surface area contributed by atoms with Crippen molar-refractivity contribution in [2.24, 2.45) is 0 Å². The molecule has 0 unspecified atom stereocenters. The summed E-state index contributed by atoms with van der Waals surface area (Å²) >= 11 is 0. The second-order valence-electron chi connectivity index (χ2n) is 8.30. The van der Waals surface area contributed by atoms with Crippen LogP contribution in [-0.2, 0) is 19.6 Å². The van der Waals surface area contributed by atoms with Gasteiger partial charge in [0, 0.05) is 32.2 Å². The van der Waals surface area contributed by atoms with Crippen LogP contribution in [0.1, 0.15) is 38.5 Å². The molecule has 2 fully saturated rings. The molecule has 35 heavy (non-hydrogen) atoms. The SMILES string of the molecule is COc1ccc(S(=O)(=O)N(CC(=O)N2CCNCC2)C2CCCCCC2)cc1.O=C(O)C(F)(F)F. The van der Waals surface area contributed by atoms with Crippen LogP contribution in [0.25, 0.3) is 0 Å². The summed E-state index contributed by atoms with van der Waals surface area (Å²) in [6.07, 6.45) is 0.786. The van der Waals surface area contributed by atoms with Crippen molar-refractivity contribution in [3.63, 3.8) is 0 Å². The van der Waals surface area contributed by atoms with Gasteiger partial charge in [-0.15, -0.1) is 0 Å². The maximum absolute atomic E-state index is 13.5. The van der Waals surface area contributed by atoms with E-state index in [9.17, 15) is 26.4 Å². The van der Waals surface area contributed by atoms with Crippen LogP contribution >= 0.6 is 0 Å². The number of carboxylic acid groups (broad SMARTS) is 1. The molecule has 1 amide bonds. The van der Waals surface area contributed by atoms with Gasteiger partial charge in [-0.25, -0.2) is 13.2 Å². The first-order valence-corrected chi connectivity index (χ1v) is 12.9. The van der Waals surface area contributed by atoms with Gasteiger partial charge in [-0.3, -0.25) is 4.79 Å². The van der Waals surface area contributed by atoms with Gasteiger partial charge in [0.1, 0.15) is 5.75 Å². The van der Waals surface area contributed by atoms with Crippen molar-refractivity contribution in [2.45, 2.75) is 55.6 Å². The van der Waals surface area contributed by atoms with E-state index in [0.717, 1.165) is 51.6 Å². The molecule has 1 aromatic rings. The Morgan fingerprint density at radius 3 is 2.06 bits per heavy atom. The van der Waals surface area contributed by atoms with Gasteiger partial charge in [0.25, 0.3) is 0 Å². The molecule has 1 aromatic carbocycles. The van der Waals surface area contributed by atoms with Crippen molar-refractivity contribution < 1.29 is 41.0 Å². The summed E-state index contributed by atoms with van der Waals surface area (Å²) in [5.41, 5.74) is 0. The van der Waals surface area contributed by atoms with E-state index in [0.29, 0.717) is 18.8 Å². The second kappa shape index (κ2) is 13.1. The molecule has 1 saturated heterocycles. The largest absolute Gasteiger partial charge is 0.497 e. The molecule has 2 aliphatic rings. The number of alkyl halides is 3. The van der Waals surface area contributed by atoms with Crippen molar-refractivity contribution in [1.82, 2.24) is 14.5 Å². The minimum atomic E-state index is -5.08. The number of nitrogens with zero attached hydrogens (tertiary/aromatic N) is 2. The number of ether oxygens (including phenoxy) is 1. The van der Waals surface area contributed by atoms with E-state index in [-0.39, 0.29) is 23.4 Å². The molecule has 0 aromatic heterocycles. The fraction of sp³-hybridized carbons (Fsp3) is 0.636. The lowest BCUT2D eigenvalue weighted by Crippen LogP contribution is -2.52. The monoisotopic (exact) mass is 523 g/mol. The average molecular weight is 524 g/mol. The maximum atomic E-state index is 13.5. The highest BCUT2D eigenvalue weighted by molar-refractivity contribution is 7.89. The quantitative estimate of drug-likeness (QED) is 0.551. The number of aliphatic carboxylic acids is 1. The summed E-state index contributed by atoms with van der Waals surface area (Å²) < 4.78 is 65.3. The van der Waals surface area contributed by atoms with Crippen molar-refractivity contribution in [3.8, 4) is 5.75 Å². The number of nitrogens with one attached hydrogen (secondary N) is 1. The standard InChI is InChI=1S/C20H31N3O4S.C2HF3O2/c1-27-18-8-10-19(11-9-18)28(25,26)23(17-6-4-2-3-5-7-17)16-20(24)22-14-12-21-13-15-22;3-2(4,5)1(6)7/h8-11,17,21H,2-7,12-16H2,1H3;(H,6,7). The predicted octanol–water partition coefficient (Wildman–Crippen LogP) is 2.47. The number of benzene rings is 1. The zero-order chi connectivity index (χ0) is 26.1. The van der Waals surface area contributed by atoms with Gasteiger partial charge in [0.05, 0.1) is 18.6 Å². The molecular formula is C22H32F3N3O6S. The van der Waals surface area contributed by atoms with Gasteiger partial charge in [0.15, 0.2) is 0 Å². The number of rotatable bonds is 6. The fourth-order valence-corrected chi connectivity index (χ4v) is 5.62. The van der Waals surface area contributed by atoms with Crippen molar-refractivity contribution in [1.29, 1.82) is 0 Å². The lowest BCUT2D eigenvalue weighted by molar-refractivity contribution is -0.192. The molecule has 0 spiro atoms. The molecule has 0 atom stereocenters. The van der Waals surface area contributed by atoms with Crippen LogP contribution in [0.5, 0.6) is 5.75 Å². The van der Waals surface area contributed by atoms with Crippen LogP contribution in [0.3, 0.4) is 0 Å². The maximum Gasteiger partial charge on any atom is 0.490 e. The highest BCUT2D eigenvalue weighted by Crippen LogP contribution is 2.28. The van der Waals surface area contributed by atoms with E-state index in [2.05, 4.69) is 5.32 Å². The number of methoxy groups -OCH3 is 1. The molecule has 1 aliphatic carbocycles. The Morgan fingerprint density at radius 1 is 1.09 bits per heavy atom. The minimum absolute atomic E-state index is 0.0843. The second-order valence-corrected chi connectivity index (χ2v) is 10.2. The number of sulfonamides is 1. The highest BCUT2D eigenvalue weighted by Gasteiger charge is 2.38. The van der Waals surface area contributed by atoms with Crippen LogP contribution in [-0.4, -0.2) is 86.7 Å². The van der Waals surface area contributed by atoms with Crippen molar-refractivity contribution >= 4 is 21.9 Å². The van der Waals surface area contributed by atoms with Crippen molar-refractivity contribution in [2.75, 3.05) is 39.8 Å². The third kappa shape index (κ3) is 8.65. The molecule has 0 radical (unpaired) electrons. The third-order valence-electron chi connectivity index (χ3n) is 5.90. The number of carboxylic acids is 1. The van der Waals surface area contributed by atoms with E-state index in [1.165, 1.54) is 4.31 Å². The minimum Gasteiger partial charge on any atom is -0.497 e. The molecule has 9 nitrogen and oxygen atoms in total. The summed E-state index contributed by atoms with van der Waals surface area (Å²) in [6, 6.07) is 6.30. The molecule has 2 N–H and O–H groups in total. The summed E-state index contributed by atoms with van der Waals surface area (Å²) in [5.74, 6) is -2.26. The number of carbonyl (C=O) groups is 2. The zero-order valence-corrected chi connectivity index (χ0v) is 20.4. The number of hydrogen-bond acceptors (Lipinski definition) is 6. The first-order chi connectivity index (χ1) is 16.5. The van der Waals surface area contributed by atoms with Gasteiger partial charge < -0.3 is 20.1 Å². The molecule has 0 bridgehead atoms. The first-order valence-electron chi connectivity index (χ1n) is 11.4. The average Bonchev–Trinajstić information content (AvgIpc) is 3.12. The molecule has 1 heterocycles. The Balaban J connectivity index is 0.000000540. The Kier molecular flexibility index (Phi) is 10.8. The Labute approximate surface area is 203 Å². The summed E-state index contributed by atoms with van der Waals surface area (Å²) in [4.78, 5) is 23.8. The third-order valence-corrected chi connectivity index (χ3v) is 7.81. The van der Waals surface area contributed by atoms with Crippen LogP contribution < -0.4 is 10.1 Å². The van der Waals surface area contributed by atoms with E-state index in [4.69, 9.17) is 14.6 Å². The van der Waals surface area contributed by atoms with Gasteiger partial charge in [0.2, 0.25) is 15.9 Å². The molecule has 1 saturated carbocycles. The zero-order valence-electron chi connectivity index (χ0n) is 19.6. The lowest BCUT2D eigenvalue weighted by atomic mass is 10.1. The lowest BCUT2D eigenvalue weighted by Gasteiger charge is -2.33. The van der Waals surface area contributed by atoms with E-state index in [1.54, 1.807) is 36.3 Å². The molecule has 1 aliphatic heterocycles. The van der Waals surface area contributed by atoms with Crippen LogP contribution in [0.4, 0.5) is 13.2 Å². The Hall–Kier alpha value is -2.38. The topological polar surface area (TPSA) is 116 Å². The van der Waals surface area contributed by atoms with E-state index >= 15 is 0 Å². The fourth-order valence-electron chi connectivity index (χ4n) is 3.99. The van der Waals surface area contributed by atoms with Crippen LogP contribution in [0, 0.1) is 0 Å². The molecule has 13 heteroatoms. The summed E-state index contributed by atoms with van der Waals surface area (Å²) in [6.45, 7) is 2.67. The smallest absolute Gasteiger partial charge is 0.490 e. The number of amides is 1. The van der Waals surface area contributed by atoms with E-state index < -0.39 is 22.2 Å². The Bertz CT molecular complexity index is 927. The van der Waals surface area contributed by atoms with Crippen molar-refractivity contribution in [3.05, 3.63) is 24.3 Å². The Morgan fingerprint density at radius 2 is 1.60 bits per heavy atom. The van der Waals surface area contributed by atoms with Gasteiger partial charge in [-0.2, -0.15) is 17.5 Å². The predicted molar refractivity (Wildman–Crippen MR) is 122 cm³/mol. The van der Waals surface area contributed by atoms with Gasteiger partial charge in [-0.1, -0.05) is 25.7 Å². The molecule has 198 valence electrons. The van der Waals surface area contributed by atoms with Crippen LogP contribution in [0.2, 0.25) is 0 Å². The normalized spacial score (nSPS) is 17.8. The number of hydrogen-bond donors (Lipinski definition) is 2. The summed E-state index contributed by atoms with van der Waals surface area (Å²) in [7, 11) is -2.21.